The lowest BCUT2D eigenvalue weighted by Gasteiger charge is -2.10. The molecule has 0 saturated carbocycles. The highest BCUT2D eigenvalue weighted by atomic mass is 16.5. The Bertz CT molecular complexity index is 676. The fourth-order valence-electron chi connectivity index (χ4n) is 2.65. The van der Waals surface area contributed by atoms with Crippen molar-refractivity contribution in [2.24, 2.45) is 5.92 Å². The van der Waals surface area contributed by atoms with Gasteiger partial charge < -0.3 is 13.9 Å². The highest BCUT2D eigenvalue weighted by Gasteiger charge is 2.34. The van der Waals surface area contributed by atoms with Crippen LogP contribution in [0.25, 0.3) is 11.0 Å². The minimum absolute atomic E-state index is 0.393. The van der Waals surface area contributed by atoms with Gasteiger partial charge in [-0.1, -0.05) is 13.8 Å². The smallest absolute Gasteiger partial charge is 0.338 e. The summed E-state index contributed by atoms with van der Waals surface area (Å²) in [5.41, 5.74) is 1.07. The predicted molar refractivity (Wildman–Crippen MR) is 83.2 cm³/mol. The third kappa shape index (κ3) is 3.09. The van der Waals surface area contributed by atoms with E-state index in [4.69, 9.17) is 13.9 Å². The van der Waals surface area contributed by atoms with Crippen molar-refractivity contribution in [3.8, 4) is 5.75 Å². The van der Waals surface area contributed by atoms with Gasteiger partial charge in [0.25, 0.3) is 0 Å². The summed E-state index contributed by atoms with van der Waals surface area (Å²) in [5, 5.41) is 0.878. The van der Waals surface area contributed by atoms with Crippen LogP contribution in [-0.2, 0) is 4.74 Å². The molecule has 5 heteroatoms. The molecule has 0 N–H and O–H groups in total. The van der Waals surface area contributed by atoms with E-state index in [-0.39, 0.29) is 0 Å². The van der Waals surface area contributed by atoms with Gasteiger partial charge in [-0.3, -0.25) is 4.90 Å². The van der Waals surface area contributed by atoms with Crippen LogP contribution in [0, 0.1) is 5.92 Å². The number of hydrogen-bond acceptors (Lipinski definition) is 5. The number of rotatable bonds is 6. The molecule has 0 spiro atoms. The zero-order valence-corrected chi connectivity index (χ0v) is 13.2. The second-order valence-corrected chi connectivity index (χ2v) is 6.11. The molecule has 1 saturated heterocycles. The SMILES string of the molecule is COC(=O)c1cc(OCC2CN2CC(C)C)c2ccoc2c1. The molecule has 2 aromatic rings. The highest BCUT2D eigenvalue weighted by molar-refractivity contribution is 5.96. The van der Waals surface area contributed by atoms with Gasteiger partial charge in [-0.05, 0) is 24.1 Å². The molecule has 2 atom stereocenters. The van der Waals surface area contributed by atoms with E-state index in [2.05, 4.69) is 18.7 Å². The van der Waals surface area contributed by atoms with E-state index in [9.17, 15) is 4.79 Å². The number of carbonyl (C=O) groups is 1. The van der Waals surface area contributed by atoms with Crippen molar-refractivity contribution in [1.29, 1.82) is 0 Å². The molecule has 1 aromatic carbocycles. The predicted octanol–water partition coefficient (Wildman–Crippen LogP) is 2.94. The van der Waals surface area contributed by atoms with E-state index < -0.39 is 5.97 Å². The van der Waals surface area contributed by atoms with Crippen molar-refractivity contribution in [1.82, 2.24) is 4.90 Å². The Hall–Kier alpha value is -2.01. The summed E-state index contributed by atoms with van der Waals surface area (Å²) in [5.74, 6) is 0.937. The first-order chi connectivity index (χ1) is 10.6. The summed E-state index contributed by atoms with van der Waals surface area (Å²) >= 11 is 0. The molecule has 0 bridgehead atoms. The Kier molecular flexibility index (Phi) is 4.07. The third-order valence-corrected chi connectivity index (χ3v) is 3.81. The molecule has 0 radical (unpaired) electrons. The zero-order chi connectivity index (χ0) is 15.7. The Labute approximate surface area is 129 Å². The molecule has 118 valence electrons. The van der Waals surface area contributed by atoms with E-state index in [0.717, 1.165) is 18.5 Å². The Balaban J connectivity index is 1.73. The summed E-state index contributed by atoms with van der Waals surface area (Å²) in [6.07, 6.45) is 1.60. The topological polar surface area (TPSA) is 51.7 Å². The van der Waals surface area contributed by atoms with Crippen LogP contribution >= 0.6 is 0 Å². The van der Waals surface area contributed by atoms with Crippen molar-refractivity contribution >= 4 is 16.9 Å². The fourth-order valence-corrected chi connectivity index (χ4v) is 2.65. The summed E-state index contributed by atoms with van der Waals surface area (Å²) in [4.78, 5) is 14.1. The van der Waals surface area contributed by atoms with E-state index in [0.29, 0.717) is 35.5 Å². The van der Waals surface area contributed by atoms with Gasteiger partial charge in [-0.2, -0.15) is 0 Å². The second-order valence-electron chi connectivity index (χ2n) is 6.11. The number of furan rings is 1. The lowest BCUT2D eigenvalue weighted by Crippen LogP contribution is -2.15. The van der Waals surface area contributed by atoms with Crippen molar-refractivity contribution in [2.45, 2.75) is 19.9 Å². The van der Waals surface area contributed by atoms with Gasteiger partial charge in [0.1, 0.15) is 17.9 Å². The lowest BCUT2D eigenvalue weighted by atomic mass is 10.1. The van der Waals surface area contributed by atoms with Crippen LogP contribution in [0.15, 0.2) is 28.9 Å². The average molecular weight is 303 g/mol. The number of ether oxygens (including phenoxy) is 2. The van der Waals surface area contributed by atoms with Crippen molar-refractivity contribution in [3.63, 3.8) is 0 Å². The third-order valence-electron chi connectivity index (χ3n) is 3.81. The Morgan fingerprint density at radius 2 is 2.27 bits per heavy atom. The monoisotopic (exact) mass is 303 g/mol. The lowest BCUT2D eigenvalue weighted by molar-refractivity contribution is 0.0600. The number of hydrogen-bond donors (Lipinski definition) is 0. The first-order valence-electron chi connectivity index (χ1n) is 7.55. The standard InChI is InChI=1S/C17H21NO4/c1-11(2)8-18-9-13(18)10-22-16-7-12(17(19)20-3)6-15-14(16)4-5-21-15/h4-7,11,13H,8-10H2,1-3H3. The minimum Gasteiger partial charge on any atom is -0.491 e. The van der Waals surface area contributed by atoms with Crippen molar-refractivity contribution in [3.05, 3.63) is 30.0 Å². The maximum atomic E-state index is 11.7. The van der Waals surface area contributed by atoms with Crippen LogP contribution in [0.2, 0.25) is 0 Å². The summed E-state index contributed by atoms with van der Waals surface area (Å²) in [7, 11) is 1.36. The zero-order valence-electron chi connectivity index (χ0n) is 13.2. The molecular weight excluding hydrogens is 282 g/mol. The van der Waals surface area contributed by atoms with E-state index in [1.54, 1.807) is 18.4 Å². The maximum Gasteiger partial charge on any atom is 0.338 e. The van der Waals surface area contributed by atoms with Crippen LogP contribution in [-0.4, -0.2) is 43.7 Å². The van der Waals surface area contributed by atoms with E-state index in [1.807, 2.05) is 6.07 Å². The van der Waals surface area contributed by atoms with E-state index >= 15 is 0 Å². The van der Waals surface area contributed by atoms with E-state index in [1.165, 1.54) is 7.11 Å². The first kappa shape index (κ1) is 14.9. The van der Waals surface area contributed by atoms with Gasteiger partial charge in [-0.25, -0.2) is 4.79 Å². The quantitative estimate of drug-likeness (QED) is 0.606. The number of nitrogens with zero attached hydrogens (tertiary/aromatic N) is 1. The van der Waals surface area contributed by atoms with Crippen LogP contribution < -0.4 is 4.74 Å². The largest absolute Gasteiger partial charge is 0.491 e. The van der Waals surface area contributed by atoms with Crippen LogP contribution in [0.4, 0.5) is 0 Å². The van der Waals surface area contributed by atoms with Crippen LogP contribution in [0.5, 0.6) is 5.75 Å². The molecule has 1 fully saturated rings. The number of methoxy groups -OCH3 is 1. The minimum atomic E-state index is -0.393. The molecule has 2 heterocycles. The van der Waals surface area contributed by atoms with Gasteiger partial charge in [-0.15, -0.1) is 0 Å². The highest BCUT2D eigenvalue weighted by Crippen LogP contribution is 2.30. The first-order valence-corrected chi connectivity index (χ1v) is 7.55. The van der Waals surface area contributed by atoms with Crippen LogP contribution in [0.3, 0.4) is 0 Å². The van der Waals surface area contributed by atoms with Crippen molar-refractivity contribution in [2.75, 3.05) is 26.8 Å². The Morgan fingerprint density at radius 3 is 3.00 bits per heavy atom. The number of benzene rings is 1. The summed E-state index contributed by atoms with van der Waals surface area (Å²) in [6, 6.07) is 5.71. The summed E-state index contributed by atoms with van der Waals surface area (Å²) in [6.45, 7) is 7.22. The molecule has 22 heavy (non-hydrogen) atoms. The molecule has 1 aliphatic rings. The summed E-state index contributed by atoms with van der Waals surface area (Å²) < 4.78 is 16.1. The molecule has 0 aliphatic carbocycles. The molecule has 1 aromatic heterocycles. The Morgan fingerprint density at radius 1 is 1.45 bits per heavy atom. The molecular formula is C17H21NO4. The number of esters is 1. The molecule has 5 nitrogen and oxygen atoms in total. The van der Waals surface area contributed by atoms with Gasteiger partial charge in [0.05, 0.1) is 30.4 Å². The fraction of sp³-hybridized carbons (Fsp3) is 0.471. The van der Waals surface area contributed by atoms with Gasteiger partial charge in [0, 0.05) is 13.1 Å². The molecule has 0 amide bonds. The molecule has 1 aliphatic heterocycles. The van der Waals surface area contributed by atoms with Crippen molar-refractivity contribution < 1.29 is 18.7 Å². The molecule has 3 rings (SSSR count). The van der Waals surface area contributed by atoms with Crippen LogP contribution in [0.1, 0.15) is 24.2 Å². The van der Waals surface area contributed by atoms with Gasteiger partial charge >= 0.3 is 5.97 Å². The molecule has 2 unspecified atom stereocenters. The van der Waals surface area contributed by atoms with Gasteiger partial charge in [0.15, 0.2) is 0 Å². The number of fused-ring (bicyclic) bond motifs is 1. The number of carbonyl (C=O) groups excluding carboxylic acids is 1. The normalized spacial score (nSPS) is 20.4. The second kappa shape index (κ2) is 6.01. The maximum absolute atomic E-state index is 11.7. The average Bonchev–Trinajstić information content (AvgIpc) is 3.03. The van der Waals surface area contributed by atoms with Gasteiger partial charge in [0.2, 0.25) is 0 Å².